The average molecular weight is 443 g/mol. The van der Waals surface area contributed by atoms with Gasteiger partial charge >= 0.3 is 6.18 Å². The number of rotatable bonds is 4. The molecule has 1 saturated heterocycles. The third-order valence-corrected chi connectivity index (χ3v) is 5.57. The van der Waals surface area contributed by atoms with Crippen LogP contribution >= 0.6 is 0 Å². The van der Waals surface area contributed by atoms with Gasteiger partial charge in [-0.05, 0) is 25.0 Å². The summed E-state index contributed by atoms with van der Waals surface area (Å²) < 4.78 is 40.8. The van der Waals surface area contributed by atoms with Crippen molar-refractivity contribution in [1.29, 1.82) is 0 Å². The van der Waals surface area contributed by atoms with E-state index in [1.807, 2.05) is 6.07 Å². The lowest BCUT2D eigenvalue weighted by Gasteiger charge is -2.30. The number of amides is 1. The van der Waals surface area contributed by atoms with Gasteiger partial charge in [-0.3, -0.25) is 9.59 Å². The lowest BCUT2D eigenvalue weighted by Crippen LogP contribution is -2.40. The van der Waals surface area contributed by atoms with Crippen molar-refractivity contribution in [3.05, 3.63) is 77.6 Å². The fraction of sp³-hybridized carbons (Fsp3) is 0.261. The van der Waals surface area contributed by atoms with Crippen LogP contribution in [0.3, 0.4) is 0 Å². The SMILES string of the molecule is O=C(c1ccccc1)C1CCN(C(=O)c2nn(-c3ccccc3C(F)(F)F)cc2O)CC1. The van der Waals surface area contributed by atoms with Crippen LogP contribution in [0.1, 0.15) is 39.3 Å². The van der Waals surface area contributed by atoms with E-state index in [4.69, 9.17) is 0 Å². The molecule has 0 bridgehead atoms. The number of aromatic nitrogens is 2. The lowest BCUT2D eigenvalue weighted by molar-refractivity contribution is -0.137. The Hall–Kier alpha value is -3.62. The van der Waals surface area contributed by atoms with Crippen LogP contribution in [-0.4, -0.2) is 44.6 Å². The molecule has 0 atom stereocenters. The first-order valence-electron chi connectivity index (χ1n) is 10.1. The average Bonchev–Trinajstić information content (AvgIpc) is 3.19. The van der Waals surface area contributed by atoms with Gasteiger partial charge in [-0.25, -0.2) is 4.68 Å². The van der Waals surface area contributed by atoms with Crippen molar-refractivity contribution in [2.24, 2.45) is 5.92 Å². The summed E-state index contributed by atoms with van der Waals surface area (Å²) in [6.07, 6.45) is -2.71. The topological polar surface area (TPSA) is 75.4 Å². The van der Waals surface area contributed by atoms with Gasteiger partial charge in [0, 0.05) is 24.6 Å². The molecule has 1 fully saturated rings. The molecule has 2 heterocycles. The predicted molar refractivity (Wildman–Crippen MR) is 110 cm³/mol. The number of hydrogen-bond acceptors (Lipinski definition) is 4. The summed E-state index contributed by atoms with van der Waals surface area (Å²) in [6.45, 7) is 0.570. The maximum absolute atomic E-state index is 13.3. The molecule has 9 heteroatoms. The first-order chi connectivity index (χ1) is 15.3. The van der Waals surface area contributed by atoms with E-state index in [-0.39, 0.29) is 36.2 Å². The maximum atomic E-state index is 13.3. The van der Waals surface area contributed by atoms with E-state index in [1.165, 1.54) is 23.1 Å². The van der Waals surface area contributed by atoms with Gasteiger partial charge in [-0.2, -0.15) is 18.3 Å². The molecule has 4 rings (SSSR count). The number of ketones is 1. The second kappa shape index (κ2) is 8.49. The summed E-state index contributed by atoms with van der Waals surface area (Å²) >= 11 is 0. The molecule has 1 amide bonds. The number of carbonyl (C=O) groups excluding carboxylic acids is 2. The Bertz CT molecular complexity index is 1130. The van der Waals surface area contributed by atoms with Crippen molar-refractivity contribution >= 4 is 11.7 Å². The van der Waals surface area contributed by atoms with Crippen LogP contribution in [-0.2, 0) is 6.18 Å². The number of benzene rings is 2. The molecule has 0 aliphatic carbocycles. The molecular weight excluding hydrogens is 423 g/mol. The van der Waals surface area contributed by atoms with Crippen LogP contribution in [0.5, 0.6) is 5.75 Å². The molecule has 2 aromatic carbocycles. The molecule has 1 aliphatic heterocycles. The highest BCUT2D eigenvalue weighted by Gasteiger charge is 2.35. The van der Waals surface area contributed by atoms with E-state index in [0.29, 0.717) is 18.4 Å². The van der Waals surface area contributed by atoms with Crippen molar-refractivity contribution in [2.45, 2.75) is 19.0 Å². The standard InChI is InChI=1S/C23H20F3N3O3/c24-23(25,26)17-8-4-5-9-18(17)29-14-19(30)20(27-29)22(32)28-12-10-16(11-13-28)21(31)15-6-2-1-3-7-15/h1-9,14,16,30H,10-13H2. The number of para-hydroxylation sites is 1. The van der Waals surface area contributed by atoms with Gasteiger partial charge < -0.3 is 10.0 Å². The largest absolute Gasteiger partial charge is 0.504 e. The quantitative estimate of drug-likeness (QED) is 0.609. The van der Waals surface area contributed by atoms with Crippen molar-refractivity contribution < 1.29 is 27.9 Å². The third-order valence-electron chi connectivity index (χ3n) is 5.57. The van der Waals surface area contributed by atoms with E-state index in [9.17, 15) is 27.9 Å². The minimum Gasteiger partial charge on any atom is -0.504 e. The molecule has 0 radical (unpaired) electrons. The summed E-state index contributed by atoms with van der Waals surface area (Å²) in [5.74, 6) is -1.29. The van der Waals surface area contributed by atoms with E-state index >= 15 is 0 Å². The first-order valence-corrected chi connectivity index (χ1v) is 10.1. The zero-order valence-corrected chi connectivity index (χ0v) is 16.9. The number of nitrogens with zero attached hydrogens (tertiary/aromatic N) is 3. The molecule has 0 unspecified atom stereocenters. The first kappa shape index (κ1) is 21.6. The second-order valence-corrected chi connectivity index (χ2v) is 7.62. The highest BCUT2D eigenvalue weighted by Crippen LogP contribution is 2.34. The minimum absolute atomic E-state index is 0.0218. The van der Waals surface area contributed by atoms with Gasteiger partial charge in [0.05, 0.1) is 17.4 Å². The summed E-state index contributed by atoms with van der Waals surface area (Å²) in [4.78, 5) is 27.0. The Balaban J connectivity index is 1.49. The van der Waals surface area contributed by atoms with Gasteiger partial charge in [-0.1, -0.05) is 42.5 Å². The monoisotopic (exact) mass is 443 g/mol. The predicted octanol–water partition coefficient (Wildman–Crippen LogP) is 4.33. The van der Waals surface area contributed by atoms with Crippen molar-refractivity contribution in [2.75, 3.05) is 13.1 Å². The van der Waals surface area contributed by atoms with Crippen LogP contribution in [0, 0.1) is 5.92 Å². The number of hydrogen-bond donors (Lipinski definition) is 1. The molecular formula is C23H20F3N3O3. The molecule has 6 nitrogen and oxygen atoms in total. The number of likely N-dealkylation sites (tertiary alicyclic amines) is 1. The molecule has 166 valence electrons. The number of alkyl halides is 3. The Morgan fingerprint density at radius 3 is 2.25 bits per heavy atom. The van der Waals surface area contributed by atoms with Gasteiger partial charge in [0.15, 0.2) is 17.2 Å². The third kappa shape index (κ3) is 4.23. The highest BCUT2D eigenvalue weighted by molar-refractivity contribution is 5.98. The summed E-state index contributed by atoms with van der Waals surface area (Å²) in [6, 6.07) is 13.7. The van der Waals surface area contributed by atoms with Gasteiger partial charge in [0.2, 0.25) is 0 Å². The van der Waals surface area contributed by atoms with Crippen LogP contribution in [0.2, 0.25) is 0 Å². The zero-order chi connectivity index (χ0) is 22.9. The molecule has 0 spiro atoms. The van der Waals surface area contributed by atoms with Crippen LogP contribution < -0.4 is 0 Å². The fourth-order valence-corrected chi connectivity index (χ4v) is 3.89. The van der Waals surface area contributed by atoms with E-state index < -0.39 is 23.4 Å². The van der Waals surface area contributed by atoms with Crippen LogP contribution in [0.4, 0.5) is 13.2 Å². The molecule has 1 N–H and O–H groups in total. The minimum atomic E-state index is -4.62. The number of carbonyl (C=O) groups is 2. The zero-order valence-electron chi connectivity index (χ0n) is 16.9. The Kier molecular flexibility index (Phi) is 5.73. The maximum Gasteiger partial charge on any atom is 0.418 e. The number of aromatic hydroxyl groups is 1. The summed E-state index contributed by atoms with van der Waals surface area (Å²) in [5.41, 5.74) is -0.921. The summed E-state index contributed by atoms with van der Waals surface area (Å²) in [5, 5.41) is 14.1. The molecule has 0 saturated carbocycles. The second-order valence-electron chi connectivity index (χ2n) is 7.62. The van der Waals surface area contributed by atoms with E-state index in [1.54, 1.807) is 24.3 Å². The molecule has 1 aromatic heterocycles. The lowest BCUT2D eigenvalue weighted by atomic mass is 9.89. The van der Waals surface area contributed by atoms with Crippen molar-refractivity contribution in [3.63, 3.8) is 0 Å². The van der Waals surface area contributed by atoms with Gasteiger partial charge in [-0.15, -0.1) is 0 Å². The number of piperidine rings is 1. The van der Waals surface area contributed by atoms with Crippen LogP contribution in [0.25, 0.3) is 5.69 Å². The Labute approximate surface area is 181 Å². The molecule has 3 aromatic rings. The number of Topliss-reactive ketones (excluding diaryl/α,β-unsaturated/α-hetero) is 1. The van der Waals surface area contributed by atoms with Gasteiger partial charge in [0.25, 0.3) is 5.91 Å². The van der Waals surface area contributed by atoms with E-state index in [2.05, 4.69) is 5.10 Å². The smallest absolute Gasteiger partial charge is 0.418 e. The highest BCUT2D eigenvalue weighted by atomic mass is 19.4. The van der Waals surface area contributed by atoms with Crippen molar-refractivity contribution in [1.82, 2.24) is 14.7 Å². The normalized spacial score (nSPS) is 15.0. The fourth-order valence-electron chi connectivity index (χ4n) is 3.89. The molecule has 32 heavy (non-hydrogen) atoms. The Morgan fingerprint density at radius 2 is 1.59 bits per heavy atom. The van der Waals surface area contributed by atoms with Gasteiger partial charge in [0.1, 0.15) is 0 Å². The number of halogens is 3. The van der Waals surface area contributed by atoms with Crippen LogP contribution in [0.15, 0.2) is 60.8 Å². The van der Waals surface area contributed by atoms with Crippen molar-refractivity contribution in [3.8, 4) is 11.4 Å². The summed E-state index contributed by atoms with van der Waals surface area (Å²) in [7, 11) is 0. The van der Waals surface area contributed by atoms with E-state index in [0.717, 1.165) is 16.9 Å². The molecule has 1 aliphatic rings. The Morgan fingerprint density at radius 1 is 0.969 bits per heavy atom.